The van der Waals surface area contributed by atoms with E-state index < -0.39 is 16.1 Å². The Balaban J connectivity index is 0.00000280. The Labute approximate surface area is 173 Å². The van der Waals surface area contributed by atoms with Crippen molar-refractivity contribution >= 4 is 34.2 Å². The van der Waals surface area contributed by atoms with Crippen molar-refractivity contribution in [1.29, 1.82) is 0 Å². The van der Waals surface area contributed by atoms with Crippen LogP contribution in [-0.2, 0) is 14.8 Å². The number of carbonyl (C=O) groups is 1. The minimum atomic E-state index is -3.61. The van der Waals surface area contributed by atoms with Gasteiger partial charge in [0.25, 0.3) is 10.0 Å². The maximum absolute atomic E-state index is 12.8. The first kappa shape index (κ1) is 22.6. The molecular formula is C19H29ClN4O3S. The third kappa shape index (κ3) is 5.24. The fourth-order valence-electron chi connectivity index (χ4n) is 3.60. The maximum atomic E-state index is 12.8. The summed E-state index contributed by atoms with van der Waals surface area (Å²) in [5.74, 6) is 0.118. The molecule has 1 amide bonds. The van der Waals surface area contributed by atoms with Gasteiger partial charge in [0.2, 0.25) is 5.91 Å². The number of fused-ring (bicyclic) bond motifs is 1. The number of carbonyl (C=O) groups excluding carboxylic acids is 1. The molecule has 0 spiro atoms. The third-order valence-corrected chi connectivity index (χ3v) is 6.60. The Morgan fingerprint density at radius 3 is 2.64 bits per heavy atom. The van der Waals surface area contributed by atoms with Gasteiger partial charge in [-0.3, -0.25) is 14.5 Å². The summed E-state index contributed by atoms with van der Waals surface area (Å²) in [5.41, 5.74) is 6.46. The topological polar surface area (TPSA) is 114 Å². The molecule has 0 saturated heterocycles. The second-order valence-corrected chi connectivity index (χ2v) is 9.01. The molecule has 1 fully saturated rings. The summed E-state index contributed by atoms with van der Waals surface area (Å²) in [7, 11) is -3.61. The molecule has 9 heteroatoms. The summed E-state index contributed by atoms with van der Waals surface area (Å²) in [5, 5.41) is 3.09. The number of hydrogen-bond donors (Lipinski definition) is 3. The number of unbranched alkanes of at least 4 members (excludes halogenated alkanes) is 1. The maximum Gasteiger partial charge on any atom is 0.263 e. The molecule has 0 bridgehead atoms. The molecule has 1 aromatic rings. The number of rotatable bonds is 6. The van der Waals surface area contributed by atoms with Crippen LogP contribution in [0.1, 0.15) is 57.4 Å². The highest BCUT2D eigenvalue weighted by atomic mass is 35.5. The summed E-state index contributed by atoms with van der Waals surface area (Å²) in [6.45, 7) is 2.05. The van der Waals surface area contributed by atoms with Crippen molar-refractivity contribution in [3.63, 3.8) is 0 Å². The third-order valence-electron chi connectivity index (χ3n) is 5.20. The monoisotopic (exact) mass is 428 g/mol. The van der Waals surface area contributed by atoms with Crippen molar-refractivity contribution < 1.29 is 13.2 Å². The first-order valence-corrected chi connectivity index (χ1v) is 11.1. The number of sulfonamides is 1. The summed E-state index contributed by atoms with van der Waals surface area (Å²) >= 11 is 0. The minimum absolute atomic E-state index is 0. The van der Waals surface area contributed by atoms with Gasteiger partial charge < -0.3 is 11.1 Å². The number of nitrogens with zero attached hydrogens (tertiary/aromatic N) is 1. The molecular weight excluding hydrogens is 400 g/mol. The number of hydrogen-bond acceptors (Lipinski definition) is 5. The van der Waals surface area contributed by atoms with Crippen LogP contribution in [-0.4, -0.2) is 38.3 Å². The van der Waals surface area contributed by atoms with E-state index >= 15 is 0 Å². The number of benzene rings is 1. The smallest absolute Gasteiger partial charge is 0.263 e. The largest absolute Gasteiger partial charge is 0.352 e. The van der Waals surface area contributed by atoms with E-state index in [0.717, 1.165) is 38.5 Å². The quantitative estimate of drug-likeness (QED) is 0.643. The zero-order valence-corrected chi connectivity index (χ0v) is 17.7. The summed E-state index contributed by atoms with van der Waals surface area (Å²) in [6, 6.07) is 6.44. The number of nitrogens with one attached hydrogen (secondary N) is 2. The fraction of sp³-hybridized carbons (Fsp3) is 0.579. The average molecular weight is 429 g/mol. The molecule has 28 heavy (non-hydrogen) atoms. The molecule has 2 aliphatic rings. The van der Waals surface area contributed by atoms with Crippen LogP contribution in [0.5, 0.6) is 0 Å². The summed E-state index contributed by atoms with van der Waals surface area (Å²) in [6.07, 6.45) is 5.94. The number of amidine groups is 1. The number of halogens is 1. The zero-order valence-electron chi connectivity index (χ0n) is 16.1. The second kappa shape index (κ2) is 9.71. The number of amides is 1. The first-order chi connectivity index (χ1) is 12.9. The van der Waals surface area contributed by atoms with Gasteiger partial charge >= 0.3 is 0 Å². The molecule has 156 valence electrons. The molecule has 3 rings (SSSR count). The molecule has 4 N–H and O–H groups in total. The van der Waals surface area contributed by atoms with Gasteiger partial charge in [0.05, 0.1) is 4.90 Å². The van der Waals surface area contributed by atoms with E-state index in [-0.39, 0.29) is 41.1 Å². The lowest BCUT2D eigenvalue weighted by Crippen LogP contribution is -2.44. The van der Waals surface area contributed by atoms with Gasteiger partial charge in [0, 0.05) is 17.6 Å². The standard InChI is InChI=1S/C19H28N4O3S.ClH/c1-2-3-7-16(19(24)21-14-11-9-13(20)10-12-14)22-18-15-6-4-5-8-17(15)27(25,26)23-18;/h4-6,8,13-14,16H,2-3,7,9-12,20H2,1H3,(H,21,24)(H,22,23);1H. The Bertz CT molecular complexity index is 820. The van der Waals surface area contributed by atoms with Crippen LogP contribution in [0.4, 0.5) is 0 Å². The van der Waals surface area contributed by atoms with Gasteiger partial charge in [-0.2, -0.15) is 0 Å². The van der Waals surface area contributed by atoms with E-state index in [9.17, 15) is 13.2 Å². The van der Waals surface area contributed by atoms with Gasteiger partial charge in [-0.25, -0.2) is 8.42 Å². The Hall–Kier alpha value is -1.64. The lowest BCUT2D eigenvalue weighted by Gasteiger charge is -2.28. The predicted octanol–water partition coefficient (Wildman–Crippen LogP) is 2.09. The summed E-state index contributed by atoms with van der Waals surface area (Å²) < 4.78 is 27.0. The molecule has 1 atom stereocenters. The van der Waals surface area contributed by atoms with E-state index in [1.165, 1.54) is 0 Å². The normalized spacial score (nSPS) is 25.3. The highest BCUT2D eigenvalue weighted by molar-refractivity contribution is 7.90. The fourth-order valence-corrected chi connectivity index (χ4v) is 4.84. The summed E-state index contributed by atoms with van der Waals surface area (Å²) in [4.78, 5) is 17.6. The number of nitrogens with two attached hydrogens (primary N) is 1. The van der Waals surface area contributed by atoms with Crippen LogP contribution in [0, 0.1) is 0 Å². The van der Waals surface area contributed by atoms with E-state index in [1.807, 2.05) is 0 Å². The molecule has 1 aliphatic heterocycles. The molecule has 0 aromatic heterocycles. The van der Waals surface area contributed by atoms with E-state index in [1.54, 1.807) is 24.3 Å². The van der Waals surface area contributed by atoms with Crippen LogP contribution in [0.3, 0.4) is 0 Å². The van der Waals surface area contributed by atoms with Crippen LogP contribution in [0.25, 0.3) is 0 Å². The van der Waals surface area contributed by atoms with Crippen LogP contribution < -0.4 is 15.8 Å². The highest BCUT2D eigenvalue weighted by Gasteiger charge is 2.32. The van der Waals surface area contributed by atoms with Gasteiger partial charge in [0.1, 0.15) is 11.9 Å². The lowest BCUT2D eigenvalue weighted by atomic mass is 9.91. The minimum Gasteiger partial charge on any atom is -0.352 e. The predicted molar refractivity (Wildman–Crippen MR) is 112 cm³/mol. The van der Waals surface area contributed by atoms with Crippen LogP contribution >= 0.6 is 12.4 Å². The Morgan fingerprint density at radius 1 is 1.29 bits per heavy atom. The van der Waals surface area contributed by atoms with Gasteiger partial charge in [-0.1, -0.05) is 31.9 Å². The van der Waals surface area contributed by atoms with Crippen molar-refractivity contribution in [2.24, 2.45) is 10.7 Å². The Kier molecular flexibility index (Phi) is 7.86. The Morgan fingerprint density at radius 2 is 1.96 bits per heavy atom. The molecule has 1 aromatic carbocycles. The average Bonchev–Trinajstić information content (AvgIpc) is 2.91. The molecule has 7 nitrogen and oxygen atoms in total. The highest BCUT2D eigenvalue weighted by Crippen LogP contribution is 2.23. The van der Waals surface area contributed by atoms with E-state index in [2.05, 4.69) is 22.0 Å². The molecule has 1 unspecified atom stereocenters. The number of aliphatic imine (C=N–C) groups is 1. The van der Waals surface area contributed by atoms with Crippen LogP contribution in [0.2, 0.25) is 0 Å². The molecule has 1 heterocycles. The zero-order chi connectivity index (χ0) is 19.4. The van der Waals surface area contributed by atoms with Crippen molar-refractivity contribution in [2.45, 2.75) is 74.9 Å². The van der Waals surface area contributed by atoms with Crippen molar-refractivity contribution in [2.75, 3.05) is 0 Å². The molecule has 0 radical (unpaired) electrons. The van der Waals surface area contributed by atoms with Crippen molar-refractivity contribution in [1.82, 2.24) is 10.0 Å². The first-order valence-electron chi connectivity index (χ1n) is 9.66. The molecule has 1 saturated carbocycles. The SMILES string of the molecule is CCCCC(N=C1NS(=O)(=O)c2ccccc21)C(=O)NC1CCC(N)CC1.Cl. The lowest BCUT2D eigenvalue weighted by molar-refractivity contribution is -0.123. The van der Waals surface area contributed by atoms with Crippen LogP contribution in [0.15, 0.2) is 34.2 Å². The second-order valence-electron chi connectivity index (χ2n) is 7.36. The molecule has 1 aliphatic carbocycles. The van der Waals surface area contributed by atoms with Gasteiger partial charge in [-0.05, 0) is 44.2 Å². The van der Waals surface area contributed by atoms with Gasteiger partial charge in [-0.15, -0.1) is 12.4 Å². The van der Waals surface area contributed by atoms with E-state index in [0.29, 0.717) is 12.0 Å². The van der Waals surface area contributed by atoms with E-state index in [4.69, 9.17) is 5.73 Å². The van der Waals surface area contributed by atoms with Crippen molar-refractivity contribution in [3.8, 4) is 0 Å². The van der Waals surface area contributed by atoms with Crippen molar-refractivity contribution in [3.05, 3.63) is 29.8 Å². The van der Waals surface area contributed by atoms with Gasteiger partial charge in [0.15, 0.2) is 0 Å².